The first-order valence-corrected chi connectivity index (χ1v) is 5.77. The van der Waals surface area contributed by atoms with Crippen molar-refractivity contribution in [3.63, 3.8) is 0 Å². The molecule has 1 aliphatic rings. The highest BCUT2D eigenvalue weighted by molar-refractivity contribution is 7.10. The topological polar surface area (TPSA) is 15.3 Å². The lowest BCUT2D eigenvalue weighted by molar-refractivity contribution is 0.235. The summed E-state index contributed by atoms with van der Waals surface area (Å²) in [5, 5.41) is 6.31. The Hall–Kier alpha value is -0.0900. The second-order valence-corrected chi connectivity index (χ2v) is 4.63. The highest BCUT2D eigenvalue weighted by atomic mass is 35.5. The molecule has 1 aromatic heterocycles. The predicted molar refractivity (Wildman–Crippen MR) is 57.5 cm³/mol. The summed E-state index contributed by atoms with van der Waals surface area (Å²) in [6.07, 6.45) is 0. The lowest BCUT2D eigenvalue weighted by Crippen LogP contribution is -2.42. The minimum Gasteiger partial charge on any atom is -0.314 e. The third-order valence-electron chi connectivity index (χ3n) is 2.27. The van der Waals surface area contributed by atoms with Gasteiger partial charge in [-0.25, -0.2) is 0 Å². The fourth-order valence-electron chi connectivity index (χ4n) is 1.51. The van der Waals surface area contributed by atoms with Gasteiger partial charge in [-0.15, -0.1) is 11.3 Å². The Labute approximate surface area is 87.5 Å². The molecule has 13 heavy (non-hydrogen) atoms. The largest absolute Gasteiger partial charge is 0.314 e. The van der Waals surface area contributed by atoms with Crippen molar-refractivity contribution in [2.24, 2.45) is 0 Å². The van der Waals surface area contributed by atoms with Gasteiger partial charge >= 0.3 is 0 Å². The maximum atomic E-state index is 6.03. The minimum absolute atomic E-state index is 0.920. The van der Waals surface area contributed by atoms with E-state index in [-0.39, 0.29) is 0 Å². The van der Waals surface area contributed by atoms with Crippen LogP contribution in [0.4, 0.5) is 0 Å². The standard InChI is InChI=1S/C9H13ClN2S/c10-8-1-6-13-9(8)7-12-4-2-11-3-5-12/h1,6,11H,2-5,7H2. The van der Waals surface area contributed by atoms with E-state index in [0.717, 1.165) is 37.7 Å². The van der Waals surface area contributed by atoms with Gasteiger partial charge in [0.05, 0.1) is 5.02 Å². The molecule has 1 aromatic rings. The van der Waals surface area contributed by atoms with Gasteiger partial charge in [-0.3, -0.25) is 4.90 Å². The first kappa shape index (κ1) is 9.46. The zero-order valence-electron chi connectivity index (χ0n) is 7.42. The Kier molecular flexibility index (Phi) is 3.22. The molecule has 2 nitrogen and oxygen atoms in total. The molecule has 0 radical (unpaired) electrons. The quantitative estimate of drug-likeness (QED) is 0.811. The van der Waals surface area contributed by atoms with Crippen molar-refractivity contribution in [2.45, 2.75) is 6.54 Å². The average molecular weight is 217 g/mol. The highest BCUT2D eigenvalue weighted by Gasteiger charge is 2.11. The molecule has 0 unspecified atom stereocenters. The number of piperazine rings is 1. The number of rotatable bonds is 2. The van der Waals surface area contributed by atoms with Gasteiger partial charge in [0.15, 0.2) is 0 Å². The van der Waals surface area contributed by atoms with Crippen molar-refractivity contribution in [3.05, 3.63) is 21.3 Å². The van der Waals surface area contributed by atoms with Crippen molar-refractivity contribution < 1.29 is 0 Å². The van der Waals surface area contributed by atoms with Crippen LogP contribution in [0.25, 0.3) is 0 Å². The zero-order chi connectivity index (χ0) is 9.10. The Balaban J connectivity index is 1.93. The molecule has 2 heterocycles. The Bertz CT molecular complexity index is 268. The summed E-state index contributed by atoms with van der Waals surface area (Å²) in [7, 11) is 0. The first-order chi connectivity index (χ1) is 6.36. The van der Waals surface area contributed by atoms with Crippen molar-refractivity contribution >= 4 is 22.9 Å². The second-order valence-electron chi connectivity index (χ2n) is 3.22. The van der Waals surface area contributed by atoms with Crippen LogP contribution < -0.4 is 5.32 Å². The lowest BCUT2D eigenvalue weighted by Gasteiger charge is -2.26. The number of thiophene rings is 1. The number of nitrogens with one attached hydrogen (secondary N) is 1. The van der Waals surface area contributed by atoms with E-state index in [1.165, 1.54) is 4.88 Å². The molecular formula is C9H13ClN2S. The number of nitrogens with zero attached hydrogens (tertiary/aromatic N) is 1. The number of halogens is 1. The summed E-state index contributed by atoms with van der Waals surface area (Å²) in [6, 6.07) is 1.98. The smallest absolute Gasteiger partial charge is 0.0558 e. The van der Waals surface area contributed by atoms with Crippen LogP contribution in [0.3, 0.4) is 0 Å². The second kappa shape index (κ2) is 4.42. The minimum atomic E-state index is 0.920. The Morgan fingerprint density at radius 3 is 2.85 bits per heavy atom. The predicted octanol–water partition coefficient (Wildman–Crippen LogP) is 1.81. The first-order valence-electron chi connectivity index (χ1n) is 4.51. The van der Waals surface area contributed by atoms with E-state index in [2.05, 4.69) is 15.6 Å². The van der Waals surface area contributed by atoms with Crippen LogP contribution in [-0.4, -0.2) is 31.1 Å². The maximum absolute atomic E-state index is 6.03. The molecule has 72 valence electrons. The summed E-state index contributed by atoms with van der Waals surface area (Å²) < 4.78 is 0. The van der Waals surface area contributed by atoms with E-state index in [0.29, 0.717) is 0 Å². The molecule has 4 heteroatoms. The van der Waals surface area contributed by atoms with E-state index in [1.54, 1.807) is 11.3 Å². The highest BCUT2D eigenvalue weighted by Crippen LogP contribution is 2.23. The summed E-state index contributed by atoms with van der Waals surface area (Å²) in [6.45, 7) is 5.48. The summed E-state index contributed by atoms with van der Waals surface area (Å²) in [5.74, 6) is 0. The molecule has 0 bridgehead atoms. The Morgan fingerprint density at radius 1 is 1.46 bits per heavy atom. The monoisotopic (exact) mass is 216 g/mol. The van der Waals surface area contributed by atoms with Crippen molar-refractivity contribution in [1.82, 2.24) is 10.2 Å². The van der Waals surface area contributed by atoms with Crippen LogP contribution in [0.2, 0.25) is 5.02 Å². The molecule has 0 aliphatic carbocycles. The maximum Gasteiger partial charge on any atom is 0.0558 e. The lowest BCUT2D eigenvalue weighted by atomic mass is 10.3. The van der Waals surface area contributed by atoms with Gasteiger partial charge in [0.25, 0.3) is 0 Å². The third-order valence-corrected chi connectivity index (χ3v) is 3.64. The van der Waals surface area contributed by atoms with E-state index < -0.39 is 0 Å². The molecule has 0 spiro atoms. The molecule has 2 rings (SSSR count). The van der Waals surface area contributed by atoms with Crippen LogP contribution in [0.5, 0.6) is 0 Å². The number of hydrogen-bond donors (Lipinski definition) is 1. The molecule has 0 saturated carbocycles. The Morgan fingerprint density at radius 2 is 2.23 bits per heavy atom. The SMILES string of the molecule is Clc1ccsc1CN1CCNCC1. The van der Waals surface area contributed by atoms with E-state index in [1.807, 2.05) is 6.07 Å². The van der Waals surface area contributed by atoms with Crippen LogP contribution in [-0.2, 0) is 6.54 Å². The average Bonchev–Trinajstić information content (AvgIpc) is 2.54. The van der Waals surface area contributed by atoms with Crippen molar-refractivity contribution in [1.29, 1.82) is 0 Å². The van der Waals surface area contributed by atoms with E-state index in [4.69, 9.17) is 11.6 Å². The van der Waals surface area contributed by atoms with Gasteiger partial charge < -0.3 is 5.32 Å². The van der Waals surface area contributed by atoms with Crippen molar-refractivity contribution in [3.8, 4) is 0 Å². The van der Waals surface area contributed by atoms with Gasteiger partial charge in [-0.05, 0) is 11.4 Å². The molecule has 1 saturated heterocycles. The zero-order valence-corrected chi connectivity index (χ0v) is 9.00. The molecule has 0 aromatic carbocycles. The molecular weight excluding hydrogens is 204 g/mol. The normalized spacial score (nSPS) is 19.2. The van der Waals surface area contributed by atoms with Crippen LogP contribution in [0.1, 0.15) is 4.88 Å². The fourth-order valence-corrected chi connectivity index (χ4v) is 2.65. The van der Waals surface area contributed by atoms with Gasteiger partial charge in [0.2, 0.25) is 0 Å². The molecule has 1 aliphatic heterocycles. The van der Waals surface area contributed by atoms with Gasteiger partial charge in [0.1, 0.15) is 0 Å². The summed E-state index contributed by atoms with van der Waals surface area (Å²) in [4.78, 5) is 3.73. The van der Waals surface area contributed by atoms with Crippen LogP contribution in [0, 0.1) is 0 Å². The van der Waals surface area contributed by atoms with E-state index in [9.17, 15) is 0 Å². The van der Waals surface area contributed by atoms with E-state index >= 15 is 0 Å². The molecule has 1 fully saturated rings. The fraction of sp³-hybridized carbons (Fsp3) is 0.556. The van der Waals surface area contributed by atoms with Gasteiger partial charge in [-0.2, -0.15) is 0 Å². The number of hydrogen-bond acceptors (Lipinski definition) is 3. The van der Waals surface area contributed by atoms with Crippen molar-refractivity contribution in [2.75, 3.05) is 26.2 Å². The molecule has 0 amide bonds. The van der Waals surface area contributed by atoms with Crippen LogP contribution in [0.15, 0.2) is 11.4 Å². The van der Waals surface area contributed by atoms with Crippen LogP contribution >= 0.6 is 22.9 Å². The molecule has 0 atom stereocenters. The van der Waals surface area contributed by atoms with Gasteiger partial charge in [0, 0.05) is 37.6 Å². The third kappa shape index (κ3) is 2.44. The molecule has 1 N–H and O–H groups in total. The van der Waals surface area contributed by atoms with Gasteiger partial charge in [-0.1, -0.05) is 11.6 Å². The summed E-state index contributed by atoms with van der Waals surface area (Å²) >= 11 is 7.78. The summed E-state index contributed by atoms with van der Waals surface area (Å²) in [5.41, 5.74) is 0.